The number of fused-ring (bicyclic) bond motifs is 7. The van der Waals surface area contributed by atoms with Gasteiger partial charge in [0.05, 0.1) is 7.11 Å². The van der Waals surface area contributed by atoms with Gasteiger partial charge in [-0.1, -0.05) is 140 Å². The van der Waals surface area contributed by atoms with Gasteiger partial charge in [-0.25, -0.2) is 0 Å². The van der Waals surface area contributed by atoms with Crippen molar-refractivity contribution < 1.29 is 28.7 Å². The van der Waals surface area contributed by atoms with Gasteiger partial charge in [-0.3, -0.25) is 19.2 Å². The van der Waals surface area contributed by atoms with Crippen molar-refractivity contribution >= 4 is 70.4 Å². The van der Waals surface area contributed by atoms with Gasteiger partial charge in [0.2, 0.25) is 0 Å². The molecule has 0 N–H and O–H groups in total. The van der Waals surface area contributed by atoms with Crippen molar-refractivity contribution in [2.75, 3.05) is 13.7 Å². The van der Waals surface area contributed by atoms with Crippen molar-refractivity contribution in [2.45, 2.75) is 153 Å². The van der Waals surface area contributed by atoms with Crippen molar-refractivity contribution in [1.29, 1.82) is 0 Å². The fourth-order valence-electron chi connectivity index (χ4n) is 10.6. The number of carbonyl (C=O) groups excluding carboxylic acids is 4. The average molecular weight is 912 g/mol. The number of ether oxygens (including phenoxy) is 2. The summed E-state index contributed by atoms with van der Waals surface area (Å²) in [7, 11) is 1.28. The Morgan fingerprint density at radius 1 is 0.758 bits per heavy atom. The van der Waals surface area contributed by atoms with Crippen LogP contribution in [-0.2, 0) is 19.1 Å². The van der Waals surface area contributed by atoms with E-state index in [1.165, 1.54) is 57.6 Å². The predicted molar refractivity (Wildman–Crippen MR) is 266 cm³/mol. The molecule has 8 bridgehead atoms. The topological polar surface area (TPSA) is 143 Å². The van der Waals surface area contributed by atoms with Crippen LogP contribution in [0.4, 0.5) is 0 Å². The summed E-state index contributed by atoms with van der Waals surface area (Å²) in [4.78, 5) is 64.7. The van der Waals surface area contributed by atoms with Crippen LogP contribution in [0.1, 0.15) is 194 Å². The molecule has 66 heavy (non-hydrogen) atoms. The molecule has 11 heteroatoms. The first kappa shape index (κ1) is 52.9. The summed E-state index contributed by atoms with van der Waals surface area (Å²) >= 11 is 0. The Labute approximate surface area is 411 Å². The molecule has 4 aliphatic rings. The van der Waals surface area contributed by atoms with Gasteiger partial charge < -0.3 is 30.1 Å². The molecule has 10 nitrogen and oxygen atoms in total. The van der Waals surface area contributed by atoms with Gasteiger partial charge in [0.15, 0.2) is 11.6 Å². The van der Waals surface area contributed by atoms with Gasteiger partial charge >= 0.3 is 35.0 Å². The number of esters is 2. The first-order chi connectivity index (χ1) is 30.9. The Balaban J connectivity index is 0.00000817. The van der Waals surface area contributed by atoms with Crippen LogP contribution in [0.15, 0.2) is 34.4 Å². The van der Waals surface area contributed by atoms with E-state index in [1.807, 2.05) is 45.1 Å². The van der Waals surface area contributed by atoms with Crippen LogP contribution in [-0.4, -0.2) is 60.3 Å². The number of aromatic nitrogens is 2. The third-order valence-electron chi connectivity index (χ3n) is 14.8. The van der Waals surface area contributed by atoms with E-state index >= 15 is 0 Å². The van der Waals surface area contributed by atoms with Crippen LogP contribution >= 0.6 is 0 Å². The zero-order valence-corrected chi connectivity index (χ0v) is 43.5. The standard InChI is InChI=1S/C55H76N4O6.Mg/c1-13-39-34(7)41-29-46-48(38(11)60)36(9)43(57-46)27-42-35(8)40(52(58-42)50-51(55(63)64-12)54(62)49-37(10)44(59-53(49)50)28-45(39)56-41)23-24-47(61)65-26-25-33(6)22-16-21-32(5)20-15-19-31(4)18-14-17-30(2)3;/h25,27-32,34-35,39-40,51H,13-24,26H2,1-12H3,(H2-2,56,57,58,59,60,62);/q-2;+2/p-2/b33-25+,42-27-,45-28-;/t31-,32+,34-,35+,39-,40+,51-;/m1./s1. The van der Waals surface area contributed by atoms with Crippen molar-refractivity contribution in [3.05, 3.63) is 90.1 Å². The van der Waals surface area contributed by atoms with E-state index in [-0.39, 0.29) is 77.3 Å². The minimum absolute atomic E-state index is 0. The zero-order chi connectivity index (χ0) is 47.3. The molecule has 6 rings (SSSR count). The van der Waals surface area contributed by atoms with Crippen LogP contribution in [0, 0.1) is 61.2 Å². The first-order valence-electron chi connectivity index (χ1n) is 24.6. The van der Waals surface area contributed by atoms with Gasteiger partial charge in [0, 0.05) is 17.5 Å². The Morgan fingerprint density at radius 3 is 1.98 bits per heavy atom. The minimum atomic E-state index is -1.25. The van der Waals surface area contributed by atoms with Crippen LogP contribution in [0.5, 0.6) is 0 Å². The predicted octanol–water partition coefficient (Wildman–Crippen LogP) is 12.9. The molecule has 0 aromatic carbocycles. The second kappa shape index (κ2) is 23.3. The maximum atomic E-state index is 14.4. The number of Topliss-reactive ketones (excluding diaryl/α,β-unsaturated/α-hetero) is 2. The van der Waals surface area contributed by atoms with Gasteiger partial charge in [0.25, 0.3) is 0 Å². The summed E-state index contributed by atoms with van der Waals surface area (Å²) in [6.07, 6.45) is 20.3. The Bertz CT molecular complexity index is 2280. The molecular formula is C55H74MgN4O6-2. The molecule has 0 radical (unpaired) electrons. The van der Waals surface area contributed by atoms with E-state index in [0.29, 0.717) is 68.8 Å². The molecule has 2 aromatic heterocycles. The number of allylic oxidation sites excluding steroid dienone is 5. The molecule has 0 spiro atoms. The number of nitrogens with zero attached hydrogens (tertiary/aromatic N) is 4. The number of rotatable bonds is 20. The van der Waals surface area contributed by atoms with Crippen LogP contribution in [0.25, 0.3) is 34.4 Å². The molecule has 354 valence electrons. The van der Waals surface area contributed by atoms with Gasteiger partial charge in [0.1, 0.15) is 12.5 Å². The van der Waals surface area contributed by atoms with E-state index in [2.05, 4.69) is 48.5 Å². The second-order valence-electron chi connectivity index (χ2n) is 20.2. The number of hydrogen-bond donors (Lipinski definition) is 0. The molecule has 0 amide bonds. The summed E-state index contributed by atoms with van der Waals surface area (Å²) < 4.78 is 11.0. The fraction of sp³-hybridized carbons (Fsp3) is 0.600. The molecule has 2 fully saturated rings. The Morgan fingerprint density at radius 2 is 1.35 bits per heavy atom. The van der Waals surface area contributed by atoms with Crippen molar-refractivity contribution in [2.24, 2.45) is 47.3 Å². The largest absolute Gasteiger partial charge is 2.00 e. The van der Waals surface area contributed by atoms with E-state index in [1.54, 1.807) is 6.92 Å². The van der Waals surface area contributed by atoms with E-state index < -0.39 is 11.9 Å². The van der Waals surface area contributed by atoms with Crippen LogP contribution in [0.3, 0.4) is 0 Å². The molecule has 7 atom stereocenters. The molecule has 5 heterocycles. The summed E-state index contributed by atoms with van der Waals surface area (Å²) in [6, 6.07) is 0. The smallest absolute Gasteiger partial charge is 0.664 e. The van der Waals surface area contributed by atoms with Gasteiger partial charge in [-0.15, -0.1) is 22.8 Å². The summed E-state index contributed by atoms with van der Waals surface area (Å²) in [5, 5.41) is 10.3. The molecule has 0 saturated carbocycles. The second-order valence-corrected chi connectivity index (χ2v) is 20.2. The van der Waals surface area contributed by atoms with E-state index in [4.69, 9.17) is 30.1 Å². The molecule has 1 aliphatic carbocycles. The fourth-order valence-corrected chi connectivity index (χ4v) is 10.6. The number of ketones is 2. The zero-order valence-electron chi connectivity index (χ0n) is 42.1. The maximum absolute atomic E-state index is 14.4. The maximum Gasteiger partial charge on any atom is 2.00 e. The van der Waals surface area contributed by atoms with Crippen LogP contribution in [0.2, 0.25) is 0 Å². The summed E-state index contributed by atoms with van der Waals surface area (Å²) in [5.74, 6) is -0.869. The Hall–Kier alpha value is -4.09. The van der Waals surface area contributed by atoms with E-state index in [9.17, 15) is 19.2 Å². The van der Waals surface area contributed by atoms with E-state index in [0.717, 1.165) is 48.1 Å². The number of carbonyl (C=O) groups is 4. The SMILES string of the molecule is CC[C@H]1/C2=C/c3[n-]c4c(c3C)C(=O)[C@H](C(=O)OC)/C4=C3/[N-]/C(=C\c4[n-]c(c(C(C)=O)c4C)/C=C(\[N-]2)[C@@H]1C)[C@@H](C)[C@@H]3CCC(=O)OC/C=C(\C)CCC[C@@H](C)CCC[C@H](C)CCCC(C)C.[Mg+2]. The normalized spacial score (nSPS) is 25.5. The average Bonchev–Trinajstić information content (AvgIpc) is 4.00. The quantitative estimate of drug-likeness (QED) is 0.0420. The van der Waals surface area contributed by atoms with Crippen molar-refractivity contribution in [3.63, 3.8) is 0 Å². The summed E-state index contributed by atoms with van der Waals surface area (Å²) in [6.45, 7) is 23.3. The monoisotopic (exact) mass is 911 g/mol. The first-order valence-corrected chi connectivity index (χ1v) is 24.6. The number of hydrogen-bond acceptors (Lipinski definition) is 6. The van der Waals surface area contributed by atoms with Crippen molar-refractivity contribution in [1.82, 2.24) is 9.97 Å². The molecule has 2 aromatic rings. The molecule has 3 aliphatic heterocycles. The number of methoxy groups -OCH3 is 1. The Kier molecular flexibility index (Phi) is 18.6. The molecule has 0 unspecified atom stereocenters. The molecule has 2 saturated heterocycles. The van der Waals surface area contributed by atoms with Crippen molar-refractivity contribution in [3.8, 4) is 0 Å². The minimum Gasteiger partial charge on any atom is -0.664 e. The van der Waals surface area contributed by atoms with Gasteiger partial charge in [-0.05, 0) is 94.5 Å². The van der Waals surface area contributed by atoms with Crippen LogP contribution < -0.4 is 9.97 Å². The molecular weight excluding hydrogens is 837 g/mol. The third-order valence-corrected chi connectivity index (χ3v) is 14.8. The summed E-state index contributed by atoms with van der Waals surface area (Å²) in [5.41, 5.74) is 9.10. The van der Waals surface area contributed by atoms with Gasteiger partial charge in [-0.2, -0.15) is 22.8 Å². The third kappa shape index (κ3) is 11.8.